The zero-order valence-electron chi connectivity index (χ0n) is 16.6. The van der Waals surface area contributed by atoms with Gasteiger partial charge in [-0.2, -0.15) is 0 Å². The molecule has 0 unspecified atom stereocenters. The molecule has 2 fully saturated rings. The molecule has 0 bridgehead atoms. The van der Waals surface area contributed by atoms with Gasteiger partial charge in [0.25, 0.3) is 5.91 Å². The zero-order valence-corrected chi connectivity index (χ0v) is 18.1. The predicted molar refractivity (Wildman–Crippen MR) is 110 cm³/mol. The normalized spacial score (nSPS) is 24.5. The number of carbonyl (C=O) groups excluding carboxylic acids is 2. The first-order valence-corrected chi connectivity index (χ1v) is 10.4. The molecule has 0 saturated carbocycles. The van der Waals surface area contributed by atoms with Gasteiger partial charge in [-0.05, 0) is 45.0 Å². The molecule has 1 N–H and O–H groups in total. The highest BCUT2D eigenvalue weighted by Gasteiger charge is 2.38. The molecule has 0 radical (unpaired) electrons. The second-order valence-corrected chi connectivity index (χ2v) is 9.15. The van der Waals surface area contributed by atoms with E-state index in [4.69, 9.17) is 27.9 Å². The lowest BCUT2D eigenvalue weighted by atomic mass is 9.94. The van der Waals surface area contributed by atoms with Crippen molar-refractivity contribution in [3.63, 3.8) is 0 Å². The zero-order chi connectivity index (χ0) is 21.2. The van der Waals surface area contributed by atoms with Gasteiger partial charge in [-0.1, -0.05) is 23.2 Å². The summed E-state index contributed by atoms with van der Waals surface area (Å²) in [5.41, 5.74) is 0.00859. The van der Waals surface area contributed by atoms with Crippen molar-refractivity contribution >= 4 is 35.0 Å². The minimum Gasteiger partial charge on any atom is -0.359 e. The summed E-state index contributed by atoms with van der Waals surface area (Å²) in [6.45, 7) is 5.86. The highest BCUT2D eigenvalue weighted by atomic mass is 35.5. The molecule has 6 nitrogen and oxygen atoms in total. The third kappa shape index (κ3) is 5.60. The SMILES string of the molecule is CC1(C)COCN1C(=O)CN1CC[C@H](CNC(=O)c2cc(Cl)cc(Cl)c2)[C@H](F)C1. The van der Waals surface area contributed by atoms with Crippen LogP contribution in [-0.2, 0) is 9.53 Å². The molecule has 2 heterocycles. The van der Waals surface area contributed by atoms with Crippen LogP contribution in [0.3, 0.4) is 0 Å². The number of nitrogens with one attached hydrogen (secondary N) is 1. The topological polar surface area (TPSA) is 61.9 Å². The molecule has 2 aliphatic rings. The summed E-state index contributed by atoms with van der Waals surface area (Å²) in [6.07, 6.45) is -0.562. The highest BCUT2D eigenvalue weighted by Crippen LogP contribution is 2.24. The van der Waals surface area contributed by atoms with E-state index in [0.29, 0.717) is 35.2 Å². The number of hydrogen-bond acceptors (Lipinski definition) is 4. The maximum Gasteiger partial charge on any atom is 0.251 e. The summed E-state index contributed by atoms with van der Waals surface area (Å²) in [5, 5.41) is 3.50. The maximum absolute atomic E-state index is 14.7. The number of likely N-dealkylation sites (tertiary alicyclic amines) is 1. The van der Waals surface area contributed by atoms with Crippen molar-refractivity contribution < 1.29 is 18.7 Å². The third-order valence-electron chi connectivity index (χ3n) is 5.48. The lowest BCUT2D eigenvalue weighted by Crippen LogP contribution is -2.52. The number of benzene rings is 1. The smallest absolute Gasteiger partial charge is 0.251 e. The molecule has 2 aliphatic heterocycles. The van der Waals surface area contributed by atoms with Crippen LogP contribution in [0.5, 0.6) is 0 Å². The Balaban J connectivity index is 1.47. The van der Waals surface area contributed by atoms with Gasteiger partial charge in [0, 0.05) is 34.6 Å². The molecule has 0 spiro atoms. The summed E-state index contributed by atoms with van der Waals surface area (Å²) in [6, 6.07) is 4.59. The Labute approximate surface area is 180 Å². The van der Waals surface area contributed by atoms with Crippen molar-refractivity contribution in [3.05, 3.63) is 33.8 Å². The van der Waals surface area contributed by atoms with Crippen molar-refractivity contribution in [2.75, 3.05) is 39.5 Å². The molecule has 1 aromatic carbocycles. The molecule has 0 aromatic heterocycles. The Morgan fingerprint density at radius 1 is 1.28 bits per heavy atom. The van der Waals surface area contributed by atoms with E-state index in [1.807, 2.05) is 18.7 Å². The van der Waals surface area contributed by atoms with Crippen molar-refractivity contribution in [2.45, 2.75) is 32.0 Å². The van der Waals surface area contributed by atoms with Crippen LogP contribution >= 0.6 is 23.2 Å². The molecule has 160 valence electrons. The Morgan fingerprint density at radius 2 is 1.97 bits per heavy atom. The average Bonchev–Trinajstić information content (AvgIpc) is 2.99. The monoisotopic (exact) mass is 445 g/mol. The maximum atomic E-state index is 14.7. The molecule has 9 heteroatoms. The molecule has 2 amide bonds. The Bertz CT molecular complexity index is 757. The third-order valence-corrected chi connectivity index (χ3v) is 5.91. The van der Waals surface area contributed by atoms with E-state index < -0.39 is 6.17 Å². The van der Waals surface area contributed by atoms with E-state index in [-0.39, 0.29) is 49.6 Å². The summed E-state index contributed by atoms with van der Waals surface area (Å²) in [7, 11) is 0. The van der Waals surface area contributed by atoms with Crippen molar-refractivity contribution in [3.8, 4) is 0 Å². The largest absolute Gasteiger partial charge is 0.359 e. The number of halogens is 3. The molecule has 1 aromatic rings. The van der Waals surface area contributed by atoms with Crippen LogP contribution < -0.4 is 5.32 Å². The molecule has 0 aliphatic carbocycles. The minimum atomic E-state index is -1.12. The van der Waals surface area contributed by atoms with E-state index in [0.717, 1.165) is 0 Å². The first kappa shape index (κ1) is 22.3. The Morgan fingerprint density at radius 3 is 2.55 bits per heavy atom. The van der Waals surface area contributed by atoms with E-state index in [1.54, 1.807) is 11.0 Å². The molecule has 3 rings (SSSR count). The van der Waals surface area contributed by atoms with Crippen LogP contribution in [-0.4, -0.2) is 72.8 Å². The van der Waals surface area contributed by atoms with E-state index in [9.17, 15) is 14.0 Å². The fourth-order valence-electron chi connectivity index (χ4n) is 3.73. The van der Waals surface area contributed by atoms with Gasteiger partial charge in [-0.15, -0.1) is 0 Å². The van der Waals surface area contributed by atoms with Crippen LogP contribution in [0.2, 0.25) is 10.0 Å². The standard InChI is InChI=1S/C20H26Cl2FN3O3/c1-20(2)11-29-12-26(20)18(27)10-25-4-3-13(17(23)9-25)8-24-19(28)14-5-15(21)7-16(22)6-14/h5-7,13,17H,3-4,8-12H2,1-2H3,(H,24,28)/t13-,17-/m1/s1. The van der Waals surface area contributed by atoms with Gasteiger partial charge in [0.05, 0.1) is 18.7 Å². The summed E-state index contributed by atoms with van der Waals surface area (Å²) in [5.74, 6) is -0.689. The fraction of sp³-hybridized carbons (Fsp3) is 0.600. The Kier molecular flexibility index (Phi) is 7.04. The van der Waals surface area contributed by atoms with Gasteiger partial charge in [-0.25, -0.2) is 4.39 Å². The molecule has 29 heavy (non-hydrogen) atoms. The van der Waals surface area contributed by atoms with Crippen molar-refractivity contribution in [1.82, 2.24) is 15.1 Å². The van der Waals surface area contributed by atoms with Crippen LogP contribution in [0.15, 0.2) is 18.2 Å². The number of alkyl halides is 1. The van der Waals surface area contributed by atoms with Gasteiger partial charge in [0.2, 0.25) is 5.91 Å². The number of carbonyl (C=O) groups is 2. The summed E-state index contributed by atoms with van der Waals surface area (Å²) in [4.78, 5) is 28.4. The van der Waals surface area contributed by atoms with E-state index in [1.165, 1.54) is 12.1 Å². The van der Waals surface area contributed by atoms with E-state index in [2.05, 4.69) is 5.32 Å². The number of hydrogen-bond donors (Lipinski definition) is 1. The number of rotatable bonds is 5. The molecule has 2 saturated heterocycles. The lowest BCUT2D eigenvalue weighted by Gasteiger charge is -2.36. The van der Waals surface area contributed by atoms with Gasteiger partial charge < -0.3 is 15.0 Å². The van der Waals surface area contributed by atoms with Gasteiger partial charge >= 0.3 is 0 Å². The fourth-order valence-corrected chi connectivity index (χ4v) is 4.25. The van der Waals surface area contributed by atoms with Gasteiger partial charge in [0.15, 0.2) is 0 Å². The summed E-state index contributed by atoms with van der Waals surface area (Å²) < 4.78 is 20.1. The number of piperidine rings is 1. The first-order chi connectivity index (χ1) is 13.7. The van der Waals surface area contributed by atoms with Crippen LogP contribution in [0.1, 0.15) is 30.6 Å². The predicted octanol–water partition coefficient (Wildman–Crippen LogP) is 2.98. The number of amides is 2. The molecular weight excluding hydrogens is 420 g/mol. The molecular formula is C20H26Cl2FN3O3. The lowest BCUT2D eigenvalue weighted by molar-refractivity contribution is -0.137. The number of ether oxygens (including phenoxy) is 1. The van der Waals surface area contributed by atoms with Crippen molar-refractivity contribution in [2.24, 2.45) is 5.92 Å². The van der Waals surface area contributed by atoms with E-state index >= 15 is 0 Å². The second-order valence-electron chi connectivity index (χ2n) is 8.28. The van der Waals surface area contributed by atoms with Gasteiger partial charge in [0.1, 0.15) is 12.9 Å². The second kappa shape index (κ2) is 9.16. The Hall–Kier alpha value is -1.41. The molecule has 2 atom stereocenters. The van der Waals surface area contributed by atoms with Crippen molar-refractivity contribution in [1.29, 1.82) is 0 Å². The van der Waals surface area contributed by atoms with Gasteiger partial charge in [-0.3, -0.25) is 14.5 Å². The highest BCUT2D eigenvalue weighted by molar-refractivity contribution is 6.35. The average molecular weight is 446 g/mol. The van der Waals surface area contributed by atoms with Crippen LogP contribution in [0.4, 0.5) is 4.39 Å². The first-order valence-electron chi connectivity index (χ1n) is 9.64. The summed E-state index contributed by atoms with van der Waals surface area (Å²) >= 11 is 11.8. The number of nitrogens with zero attached hydrogens (tertiary/aromatic N) is 2. The minimum absolute atomic E-state index is 0.0516. The van der Waals surface area contributed by atoms with Crippen LogP contribution in [0, 0.1) is 5.92 Å². The van der Waals surface area contributed by atoms with Crippen LogP contribution in [0.25, 0.3) is 0 Å². The quantitative estimate of drug-likeness (QED) is 0.756.